The first-order chi connectivity index (χ1) is 14.0. The zero-order chi connectivity index (χ0) is 20.6. The Hall–Kier alpha value is -2.35. The summed E-state index contributed by atoms with van der Waals surface area (Å²) >= 11 is 0. The van der Waals surface area contributed by atoms with Crippen molar-refractivity contribution in [3.8, 4) is 0 Å². The number of nitrogens with one attached hydrogen (secondary N) is 1. The molecule has 1 aromatic rings. The smallest absolute Gasteiger partial charge is 0.409 e. The van der Waals surface area contributed by atoms with E-state index in [0.717, 1.165) is 51.1 Å². The van der Waals surface area contributed by atoms with Crippen molar-refractivity contribution in [3.05, 3.63) is 30.1 Å². The average molecular weight is 407 g/mol. The predicted molar refractivity (Wildman–Crippen MR) is 109 cm³/mol. The van der Waals surface area contributed by atoms with Crippen molar-refractivity contribution >= 4 is 17.7 Å². The number of rotatable bonds is 5. The highest BCUT2D eigenvalue weighted by molar-refractivity contribution is 5.78. The molecule has 0 spiro atoms. The Balaban J connectivity index is 1.40. The minimum absolute atomic E-state index is 0.0369. The molecule has 2 fully saturated rings. The first kappa shape index (κ1) is 21.4. The number of likely N-dealkylation sites (tertiary alicyclic amines) is 1. The van der Waals surface area contributed by atoms with E-state index < -0.39 is 0 Å². The number of piperidine rings is 1. The van der Waals surface area contributed by atoms with Crippen LogP contribution in [0.5, 0.6) is 0 Å². The van der Waals surface area contributed by atoms with E-state index in [1.807, 2.05) is 0 Å². The number of hydrogen-bond donors (Lipinski definition) is 1. The first-order valence-electron chi connectivity index (χ1n) is 10.5. The second kappa shape index (κ2) is 10.4. The molecule has 0 saturated carbocycles. The number of benzene rings is 1. The fraction of sp³-hybridized carbons (Fsp3) is 0.619. The van der Waals surface area contributed by atoms with Gasteiger partial charge in [-0.2, -0.15) is 0 Å². The number of halogens is 1. The van der Waals surface area contributed by atoms with Crippen LogP contribution in [0, 0.1) is 5.82 Å². The van der Waals surface area contributed by atoms with Crippen LogP contribution in [-0.4, -0.2) is 80.3 Å². The molecule has 2 aliphatic rings. The van der Waals surface area contributed by atoms with Crippen LogP contribution in [0.2, 0.25) is 0 Å². The molecule has 29 heavy (non-hydrogen) atoms. The minimum atomic E-state index is -0.271. The topological polar surface area (TPSA) is 65.1 Å². The van der Waals surface area contributed by atoms with Crippen molar-refractivity contribution in [2.45, 2.75) is 32.2 Å². The van der Waals surface area contributed by atoms with Gasteiger partial charge in [0.25, 0.3) is 0 Å². The van der Waals surface area contributed by atoms with Gasteiger partial charge in [0.05, 0.1) is 13.2 Å². The lowest BCUT2D eigenvalue weighted by Gasteiger charge is -2.32. The first-order valence-corrected chi connectivity index (χ1v) is 10.5. The van der Waals surface area contributed by atoms with Crippen LogP contribution in [0.3, 0.4) is 0 Å². The van der Waals surface area contributed by atoms with Gasteiger partial charge in [0.1, 0.15) is 5.82 Å². The van der Waals surface area contributed by atoms with Crippen molar-refractivity contribution < 1.29 is 18.7 Å². The number of anilines is 1. The summed E-state index contributed by atoms with van der Waals surface area (Å²) in [7, 11) is 0. The van der Waals surface area contributed by atoms with Gasteiger partial charge < -0.3 is 19.9 Å². The van der Waals surface area contributed by atoms with Crippen molar-refractivity contribution in [3.63, 3.8) is 0 Å². The van der Waals surface area contributed by atoms with E-state index in [1.165, 1.54) is 12.1 Å². The number of carbonyl (C=O) groups is 2. The Morgan fingerprint density at radius 1 is 1.07 bits per heavy atom. The molecule has 0 unspecified atom stereocenters. The molecule has 1 aromatic carbocycles. The molecule has 2 saturated heterocycles. The third-order valence-corrected chi connectivity index (χ3v) is 5.53. The predicted octanol–water partition coefficient (Wildman–Crippen LogP) is 2.07. The molecular formula is C21H31FN4O3. The van der Waals surface area contributed by atoms with Crippen LogP contribution in [-0.2, 0) is 9.53 Å². The molecule has 0 bridgehead atoms. The molecule has 0 radical (unpaired) electrons. The number of amides is 2. The average Bonchev–Trinajstić information content (AvgIpc) is 2.95. The molecule has 3 rings (SSSR count). The Morgan fingerprint density at radius 3 is 2.48 bits per heavy atom. The second-order valence-corrected chi connectivity index (χ2v) is 7.62. The summed E-state index contributed by atoms with van der Waals surface area (Å²) in [5.41, 5.74) is 1.02. The zero-order valence-electron chi connectivity index (χ0n) is 17.1. The van der Waals surface area contributed by atoms with E-state index in [4.69, 9.17) is 4.74 Å². The van der Waals surface area contributed by atoms with Gasteiger partial charge in [0.2, 0.25) is 5.91 Å². The van der Waals surface area contributed by atoms with E-state index in [1.54, 1.807) is 24.0 Å². The van der Waals surface area contributed by atoms with Gasteiger partial charge in [-0.05, 0) is 50.5 Å². The van der Waals surface area contributed by atoms with Gasteiger partial charge >= 0.3 is 6.09 Å². The summed E-state index contributed by atoms with van der Waals surface area (Å²) in [6.45, 7) is 7.16. The van der Waals surface area contributed by atoms with Gasteiger partial charge in [-0.25, -0.2) is 9.18 Å². The van der Waals surface area contributed by atoms with Gasteiger partial charge in [0.15, 0.2) is 0 Å². The van der Waals surface area contributed by atoms with E-state index >= 15 is 0 Å². The maximum atomic E-state index is 13.1. The Bertz CT molecular complexity index is 677. The fourth-order valence-electron chi connectivity index (χ4n) is 3.94. The Labute approximate surface area is 171 Å². The zero-order valence-corrected chi connectivity index (χ0v) is 17.1. The van der Waals surface area contributed by atoms with Crippen LogP contribution < -0.4 is 10.2 Å². The molecule has 0 aromatic heterocycles. The highest BCUT2D eigenvalue weighted by Crippen LogP contribution is 2.17. The maximum absolute atomic E-state index is 13.1. The quantitative estimate of drug-likeness (QED) is 0.811. The lowest BCUT2D eigenvalue weighted by molar-refractivity contribution is -0.123. The lowest BCUT2D eigenvalue weighted by Crippen LogP contribution is -2.49. The molecule has 2 heterocycles. The summed E-state index contributed by atoms with van der Waals surface area (Å²) in [5.74, 6) is -0.190. The van der Waals surface area contributed by atoms with Gasteiger partial charge in [-0.1, -0.05) is 0 Å². The monoisotopic (exact) mass is 406 g/mol. The summed E-state index contributed by atoms with van der Waals surface area (Å²) in [6, 6.07) is 6.69. The van der Waals surface area contributed by atoms with Crippen LogP contribution in [0.4, 0.5) is 14.9 Å². The summed E-state index contributed by atoms with van der Waals surface area (Å²) < 4.78 is 18.2. The summed E-state index contributed by atoms with van der Waals surface area (Å²) in [5, 5.41) is 3.11. The van der Waals surface area contributed by atoms with Crippen molar-refractivity contribution in [1.29, 1.82) is 0 Å². The van der Waals surface area contributed by atoms with Crippen molar-refractivity contribution in [2.75, 3.05) is 57.3 Å². The molecule has 1 N–H and O–H groups in total. The molecule has 0 aliphatic carbocycles. The van der Waals surface area contributed by atoms with Crippen molar-refractivity contribution in [2.24, 2.45) is 0 Å². The summed E-state index contributed by atoms with van der Waals surface area (Å²) in [4.78, 5) is 30.4. The van der Waals surface area contributed by atoms with Gasteiger partial charge in [-0.3, -0.25) is 9.69 Å². The molecule has 2 aliphatic heterocycles. The number of nitrogens with zero attached hydrogens (tertiary/aromatic N) is 3. The molecule has 2 amide bonds. The van der Waals surface area contributed by atoms with Gasteiger partial charge in [-0.15, -0.1) is 0 Å². The van der Waals surface area contributed by atoms with E-state index in [0.29, 0.717) is 26.2 Å². The summed E-state index contributed by atoms with van der Waals surface area (Å²) in [6.07, 6.45) is 2.20. The van der Waals surface area contributed by atoms with E-state index in [9.17, 15) is 14.0 Å². The number of ether oxygens (including phenoxy) is 1. The minimum Gasteiger partial charge on any atom is -0.450 e. The molecule has 8 heteroatoms. The molecule has 160 valence electrons. The van der Waals surface area contributed by atoms with Crippen LogP contribution in [0.25, 0.3) is 0 Å². The van der Waals surface area contributed by atoms with E-state index in [-0.39, 0.29) is 23.9 Å². The van der Waals surface area contributed by atoms with Crippen LogP contribution in [0.15, 0.2) is 24.3 Å². The van der Waals surface area contributed by atoms with E-state index in [2.05, 4.69) is 15.1 Å². The second-order valence-electron chi connectivity index (χ2n) is 7.62. The van der Waals surface area contributed by atoms with Crippen molar-refractivity contribution in [1.82, 2.24) is 15.1 Å². The molecule has 0 atom stereocenters. The number of hydrogen-bond acceptors (Lipinski definition) is 5. The lowest BCUT2D eigenvalue weighted by atomic mass is 10.1. The van der Waals surface area contributed by atoms with Crippen LogP contribution in [0.1, 0.15) is 26.2 Å². The molecule has 7 nitrogen and oxygen atoms in total. The fourth-order valence-corrected chi connectivity index (χ4v) is 3.94. The standard InChI is InChI=1S/C21H31FN4O3/c1-2-29-21(28)26-12-8-18(9-13-26)23-20(27)16-24-10-3-11-25(15-14-24)19-6-4-17(22)5-7-19/h4-7,18H,2-3,8-16H2,1H3,(H,23,27). The van der Waals surface area contributed by atoms with Gasteiger partial charge in [0, 0.05) is 51.0 Å². The molecular weight excluding hydrogens is 375 g/mol. The Morgan fingerprint density at radius 2 is 1.79 bits per heavy atom. The normalized spacial score (nSPS) is 19.0. The SMILES string of the molecule is CCOC(=O)N1CCC(NC(=O)CN2CCCN(c3ccc(F)cc3)CC2)CC1. The highest BCUT2D eigenvalue weighted by Gasteiger charge is 2.25. The Kier molecular flexibility index (Phi) is 7.69. The number of carbonyl (C=O) groups excluding carboxylic acids is 2. The largest absolute Gasteiger partial charge is 0.450 e. The highest BCUT2D eigenvalue weighted by atomic mass is 19.1. The maximum Gasteiger partial charge on any atom is 0.409 e. The third kappa shape index (κ3) is 6.32. The van der Waals surface area contributed by atoms with Crippen LogP contribution >= 0.6 is 0 Å². The third-order valence-electron chi connectivity index (χ3n) is 5.53.